The molecule has 0 aromatic carbocycles. The molecule has 2 N–H and O–H groups in total. The van der Waals surface area contributed by atoms with E-state index in [0.29, 0.717) is 30.1 Å². The fourth-order valence-corrected chi connectivity index (χ4v) is 1.86. The van der Waals surface area contributed by atoms with Crippen molar-refractivity contribution in [3.8, 4) is 5.88 Å². The number of ether oxygens (including phenoxy) is 1. The molecule has 0 saturated heterocycles. The van der Waals surface area contributed by atoms with E-state index in [1.807, 2.05) is 0 Å². The van der Waals surface area contributed by atoms with E-state index < -0.39 is 0 Å². The topological polar surface area (TPSA) is 61.0 Å². The third-order valence-corrected chi connectivity index (χ3v) is 2.98. The van der Waals surface area contributed by atoms with Gasteiger partial charge in [0.15, 0.2) is 0 Å². The largest absolute Gasteiger partial charge is 0.477 e. The smallest absolute Gasteiger partial charge is 0.218 e. The summed E-state index contributed by atoms with van der Waals surface area (Å²) in [6.45, 7) is 5.08. The third-order valence-electron chi connectivity index (χ3n) is 2.98. The molecule has 1 fully saturated rings. The monoisotopic (exact) mass is 235 g/mol. The molecule has 0 radical (unpaired) electrons. The Labute approximate surface area is 103 Å². The quantitative estimate of drug-likeness (QED) is 0.823. The van der Waals surface area contributed by atoms with Crippen LogP contribution in [0.4, 0.5) is 5.82 Å². The molecule has 1 aromatic rings. The molecule has 1 aliphatic carbocycles. The van der Waals surface area contributed by atoms with Crippen molar-refractivity contribution in [2.45, 2.75) is 45.4 Å². The van der Waals surface area contributed by atoms with Gasteiger partial charge in [0.2, 0.25) is 5.88 Å². The van der Waals surface area contributed by atoms with Crippen molar-refractivity contribution in [1.82, 2.24) is 9.97 Å². The first-order valence-electron chi connectivity index (χ1n) is 6.46. The van der Waals surface area contributed by atoms with Crippen LogP contribution in [0.5, 0.6) is 5.88 Å². The maximum atomic E-state index is 5.76. The summed E-state index contributed by atoms with van der Waals surface area (Å²) in [6.07, 6.45) is 4.71. The Morgan fingerprint density at radius 3 is 2.88 bits per heavy atom. The van der Waals surface area contributed by atoms with Gasteiger partial charge in [-0.05, 0) is 25.2 Å². The van der Waals surface area contributed by atoms with Gasteiger partial charge in [0.05, 0.1) is 6.61 Å². The lowest BCUT2D eigenvalue weighted by atomic mass is 10.1. The second-order valence-electron chi connectivity index (χ2n) is 4.97. The third kappa shape index (κ3) is 3.58. The average Bonchev–Trinajstić information content (AvgIpc) is 3.10. The van der Waals surface area contributed by atoms with Crippen molar-refractivity contribution in [2.24, 2.45) is 5.92 Å². The van der Waals surface area contributed by atoms with Crippen molar-refractivity contribution in [2.75, 3.05) is 12.3 Å². The van der Waals surface area contributed by atoms with Crippen LogP contribution in [-0.4, -0.2) is 16.6 Å². The molecule has 1 saturated carbocycles. The molecule has 17 heavy (non-hydrogen) atoms. The van der Waals surface area contributed by atoms with Gasteiger partial charge >= 0.3 is 0 Å². The van der Waals surface area contributed by atoms with Crippen LogP contribution in [0, 0.1) is 5.92 Å². The van der Waals surface area contributed by atoms with Gasteiger partial charge in [-0.2, -0.15) is 4.98 Å². The van der Waals surface area contributed by atoms with Gasteiger partial charge in [-0.15, -0.1) is 0 Å². The molecular formula is C13H21N3O. The Hall–Kier alpha value is -1.32. The molecule has 0 spiro atoms. The van der Waals surface area contributed by atoms with E-state index in [4.69, 9.17) is 10.5 Å². The van der Waals surface area contributed by atoms with E-state index >= 15 is 0 Å². The van der Waals surface area contributed by atoms with Crippen molar-refractivity contribution < 1.29 is 4.74 Å². The van der Waals surface area contributed by atoms with Crippen molar-refractivity contribution in [3.63, 3.8) is 0 Å². The Morgan fingerprint density at radius 2 is 2.24 bits per heavy atom. The van der Waals surface area contributed by atoms with E-state index in [1.54, 1.807) is 6.07 Å². The van der Waals surface area contributed by atoms with Crippen LogP contribution in [0.25, 0.3) is 0 Å². The SMILES string of the molecule is CCCC(C)COc1cc(N)nc(C2CC2)n1. The lowest BCUT2D eigenvalue weighted by Gasteiger charge is -2.12. The van der Waals surface area contributed by atoms with Crippen molar-refractivity contribution in [3.05, 3.63) is 11.9 Å². The maximum Gasteiger partial charge on any atom is 0.218 e. The van der Waals surface area contributed by atoms with Gasteiger partial charge in [0.1, 0.15) is 11.6 Å². The Bertz CT molecular complexity index is 377. The molecule has 0 amide bonds. The number of anilines is 1. The van der Waals surface area contributed by atoms with Crippen molar-refractivity contribution >= 4 is 5.82 Å². The highest BCUT2D eigenvalue weighted by Gasteiger charge is 2.27. The molecule has 4 nitrogen and oxygen atoms in total. The Kier molecular flexibility index (Phi) is 3.82. The van der Waals surface area contributed by atoms with Crippen LogP contribution in [-0.2, 0) is 0 Å². The number of nitrogens with zero attached hydrogens (tertiary/aromatic N) is 2. The summed E-state index contributed by atoms with van der Waals surface area (Å²) in [5, 5.41) is 0. The molecule has 1 unspecified atom stereocenters. The van der Waals surface area contributed by atoms with Gasteiger partial charge in [-0.25, -0.2) is 4.98 Å². The van der Waals surface area contributed by atoms with Gasteiger partial charge in [0.25, 0.3) is 0 Å². The predicted octanol–water partition coefficient (Wildman–Crippen LogP) is 2.75. The number of rotatable bonds is 6. The fourth-order valence-electron chi connectivity index (χ4n) is 1.86. The van der Waals surface area contributed by atoms with Crippen LogP contribution in [0.3, 0.4) is 0 Å². The van der Waals surface area contributed by atoms with Crippen LogP contribution in [0.15, 0.2) is 6.07 Å². The van der Waals surface area contributed by atoms with E-state index in [2.05, 4.69) is 23.8 Å². The highest BCUT2D eigenvalue weighted by Crippen LogP contribution is 2.38. The molecule has 1 heterocycles. The second-order valence-corrected chi connectivity index (χ2v) is 4.97. The van der Waals surface area contributed by atoms with Crippen LogP contribution in [0.1, 0.15) is 51.3 Å². The summed E-state index contributed by atoms with van der Waals surface area (Å²) in [5.41, 5.74) is 5.76. The van der Waals surface area contributed by atoms with Crippen molar-refractivity contribution in [1.29, 1.82) is 0 Å². The average molecular weight is 235 g/mol. The van der Waals surface area contributed by atoms with Gasteiger partial charge in [0, 0.05) is 12.0 Å². The summed E-state index contributed by atoms with van der Waals surface area (Å²) in [4.78, 5) is 8.66. The summed E-state index contributed by atoms with van der Waals surface area (Å²) in [5.74, 6) is 3.06. The molecular weight excluding hydrogens is 214 g/mol. The van der Waals surface area contributed by atoms with E-state index in [-0.39, 0.29) is 0 Å². The molecule has 1 atom stereocenters. The molecule has 0 bridgehead atoms. The molecule has 1 aromatic heterocycles. The van der Waals surface area contributed by atoms with Crippen LogP contribution < -0.4 is 10.5 Å². The van der Waals surface area contributed by atoms with Crippen LogP contribution in [0.2, 0.25) is 0 Å². The van der Waals surface area contributed by atoms with Gasteiger partial charge in [-0.1, -0.05) is 20.3 Å². The maximum absolute atomic E-state index is 5.76. The predicted molar refractivity (Wildman–Crippen MR) is 68.0 cm³/mol. The minimum atomic E-state index is 0.508. The Morgan fingerprint density at radius 1 is 1.47 bits per heavy atom. The number of aromatic nitrogens is 2. The number of hydrogen-bond donors (Lipinski definition) is 1. The first-order valence-corrected chi connectivity index (χ1v) is 6.46. The summed E-state index contributed by atoms with van der Waals surface area (Å²) in [6, 6.07) is 1.71. The number of hydrogen-bond acceptors (Lipinski definition) is 4. The van der Waals surface area contributed by atoms with E-state index in [1.165, 1.54) is 25.7 Å². The summed E-state index contributed by atoms with van der Waals surface area (Å²) in [7, 11) is 0. The number of nitrogens with two attached hydrogens (primary N) is 1. The zero-order valence-corrected chi connectivity index (χ0v) is 10.6. The summed E-state index contributed by atoms with van der Waals surface area (Å²) < 4.78 is 5.69. The highest BCUT2D eigenvalue weighted by atomic mass is 16.5. The molecule has 0 aliphatic heterocycles. The molecule has 4 heteroatoms. The normalized spacial score (nSPS) is 16.8. The molecule has 1 aliphatic rings. The van der Waals surface area contributed by atoms with Crippen LogP contribution >= 0.6 is 0 Å². The fraction of sp³-hybridized carbons (Fsp3) is 0.692. The minimum Gasteiger partial charge on any atom is -0.477 e. The zero-order chi connectivity index (χ0) is 12.3. The first-order chi connectivity index (χ1) is 8.19. The molecule has 94 valence electrons. The van der Waals surface area contributed by atoms with Gasteiger partial charge < -0.3 is 10.5 Å². The minimum absolute atomic E-state index is 0.508. The lowest BCUT2D eigenvalue weighted by Crippen LogP contribution is -2.10. The van der Waals surface area contributed by atoms with E-state index in [0.717, 1.165) is 5.82 Å². The Balaban J connectivity index is 1.95. The lowest BCUT2D eigenvalue weighted by molar-refractivity contribution is 0.242. The number of nitrogen functional groups attached to an aromatic ring is 1. The first kappa shape index (κ1) is 12.1. The van der Waals surface area contributed by atoms with Gasteiger partial charge in [-0.3, -0.25) is 0 Å². The van der Waals surface area contributed by atoms with E-state index in [9.17, 15) is 0 Å². The highest BCUT2D eigenvalue weighted by molar-refractivity contribution is 5.34. The second kappa shape index (κ2) is 5.34. The molecule has 2 rings (SSSR count). The standard InChI is InChI=1S/C13H21N3O/c1-3-4-9(2)8-17-12-7-11(14)15-13(16-12)10-5-6-10/h7,9-10H,3-6,8H2,1-2H3,(H2,14,15,16). The zero-order valence-electron chi connectivity index (χ0n) is 10.6. The summed E-state index contributed by atoms with van der Waals surface area (Å²) >= 11 is 0.